The Balaban J connectivity index is 1.68. The summed E-state index contributed by atoms with van der Waals surface area (Å²) in [6, 6.07) is 15.5. The molecule has 4 heteroatoms. The number of ether oxygens (including phenoxy) is 2. The minimum absolute atomic E-state index is 0.0363. The number of hydrogen-bond donors (Lipinski definition) is 1. The molecule has 0 bridgehead atoms. The molecule has 22 heavy (non-hydrogen) atoms. The van der Waals surface area contributed by atoms with Crippen LogP contribution in [0.4, 0.5) is 5.69 Å². The molecule has 2 aromatic rings. The van der Waals surface area contributed by atoms with Crippen LogP contribution in [-0.4, -0.2) is 20.1 Å². The van der Waals surface area contributed by atoms with E-state index in [0.29, 0.717) is 23.1 Å². The predicted molar refractivity (Wildman–Crippen MR) is 85.5 cm³/mol. The zero-order chi connectivity index (χ0) is 15.5. The van der Waals surface area contributed by atoms with Gasteiger partial charge in [0.1, 0.15) is 11.5 Å². The fourth-order valence-corrected chi connectivity index (χ4v) is 2.68. The van der Waals surface area contributed by atoms with Gasteiger partial charge in [0.15, 0.2) is 0 Å². The quantitative estimate of drug-likeness (QED) is 0.919. The molecule has 114 valence electrons. The van der Waals surface area contributed by atoms with Crippen LogP contribution >= 0.6 is 0 Å². The number of benzene rings is 2. The SMILES string of the molecule is COc1ccc(NC(=O)C2CC2c2ccccc2)c(OC)c1. The standard InChI is InChI=1S/C18H19NO3/c1-21-13-8-9-16(17(10-13)22-2)19-18(20)15-11-14(15)12-6-4-3-5-7-12/h3-10,14-15H,11H2,1-2H3,(H,19,20). The third-order valence-electron chi connectivity index (χ3n) is 4.02. The highest BCUT2D eigenvalue weighted by Crippen LogP contribution is 2.48. The number of carbonyl (C=O) groups is 1. The van der Waals surface area contributed by atoms with Crippen molar-refractivity contribution in [2.45, 2.75) is 12.3 Å². The topological polar surface area (TPSA) is 47.6 Å². The smallest absolute Gasteiger partial charge is 0.228 e. The van der Waals surface area contributed by atoms with Crippen LogP contribution < -0.4 is 14.8 Å². The van der Waals surface area contributed by atoms with E-state index in [4.69, 9.17) is 9.47 Å². The summed E-state index contributed by atoms with van der Waals surface area (Å²) in [5, 5.41) is 2.95. The van der Waals surface area contributed by atoms with E-state index in [1.807, 2.05) is 18.2 Å². The lowest BCUT2D eigenvalue weighted by Gasteiger charge is -2.11. The van der Waals surface area contributed by atoms with Crippen molar-refractivity contribution < 1.29 is 14.3 Å². The molecule has 1 fully saturated rings. The van der Waals surface area contributed by atoms with Gasteiger partial charge in [0.25, 0.3) is 0 Å². The first-order valence-electron chi connectivity index (χ1n) is 7.30. The van der Waals surface area contributed by atoms with Crippen LogP contribution in [0.5, 0.6) is 11.5 Å². The van der Waals surface area contributed by atoms with Gasteiger partial charge in [-0.25, -0.2) is 0 Å². The van der Waals surface area contributed by atoms with Gasteiger partial charge >= 0.3 is 0 Å². The van der Waals surface area contributed by atoms with Gasteiger partial charge in [0, 0.05) is 12.0 Å². The lowest BCUT2D eigenvalue weighted by molar-refractivity contribution is -0.117. The Kier molecular flexibility index (Phi) is 4.00. The molecule has 1 aliphatic rings. The molecule has 1 aliphatic carbocycles. The first kappa shape index (κ1) is 14.4. The average molecular weight is 297 g/mol. The second-order valence-corrected chi connectivity index (χ2v) is 5.41. The minimum Gasteiger partial charge on any atom is -0.497 e. The first-order chi connectivity index (χ1) is 10.7. The van der Waals surface area contributed by atoms with E-state index in [0.717, 1.165) is 6.42 Å². The van der Waals surface area contributed by atoms with Gasteiger partial charge in [-0.15, -0.1) is 0 Å². The number of rotatable bonds is 5. The van der Waals surface area contributed by atoms with Crippen molar-refractivity contribution in [3.8, 4) is 11.5 Å². The third-order valence-corrected chi connectivity index (χ3v) is 4.02. The van der Waals surface area contributed by atoms with E-state index in [9.17, 15) is 4.79 Å². The van der Waals surface area contributed by atoms with Gasteiger partial charge in [-0.05, 0) is 30.0 Å². The monoisotopic (exact) mass is 297 g/mol. The van der Waals surface area contributed by atoms with Crippen LogP contribution in [0.2, 0.25) is 0 Å². The Morgan fingerprint density at radius 3 is 2.55 bits per heavy atom. The van der Waals surface area contributed by atoms with Crippen molar-refractivity contribution in [2.75, 3.05) is 19.5 Å². The van der Waals surface area contributed by atoms with E-state index >= 15 is 0 Å². The minimum atomic E-state index is 0.0363. The summed E-state index contributed by atoms with van der Waals surface area (Å²) in [6.45, 7) is 0. The summed E-state index contributed by atoms with van der Waals surface area (Å²) in [6.07, 6.45) is 0.897. The molecule has 1 N–H and O–H groups in total. The first-order valence-corrected chi connectivity index (χ1v) is 7.30. The van der Waals surface area contributed by atoms with Gasteiger partial charge in [-0.1, -0.05) is 30.3 Å². The molecule has 4 nitrogen and oxygen atoms in total. The maximum atomic E-state index is 12.4. The summed E-state index contributed by atoms with van der Waals surface area (Å²) in [7, 11) is 3.18. The Morgan fingerprint density at radius 2 is 1.86 bits per heavy atom. The molecule has 3 rings (SSSR count). The molecule has 0 saturated heterocycles. The van der Waals surface area contributed by atoms with Gasteiger partial charge in [0.2, 0.25) is 5.91 Å². The largest absolute Gasteiger partial charge is 0.497 e. The molecule has 0 radical (unpaired) electrons. The van der Waals surface area contributed by atoms with Gasteiger partial charge in [-0.3, -0.25) is 4.79 Å². The highest BCUT2D eigenvalue weighted by Gasteiger charge is 2.43. The lowest BCUT2D eigenvalue weighted by atomic mass is 10.1. The van der Waals surface area contributed by atoms with Crippen molar-refractivity contribution in [3.05, 3.63) is 54.1 Å². The summed E-state index contributed by atoms with van der Waals surface area (Å²) < 4.78 is 10.5. The average Bonchev–Trinajstić information content (AvgIpc) is 3.37. The number of anilines is 1. The number of nitrogens with one attached hydrogen (secondary N) is 1. The molecule has 0 aliphatic heterocycles. The van der Waals surface area contributed by atoms with E-state index < -0.39 is 0 Å². The third kappa shape index (κ3) is 2.91. The molecule has 2 aromatic carbocycles. The Labute approximate surface area is 130 Å². The molecule has 2 atom stereocenters. The number of methoxy groups -OCH3 is 2. The van der Waals surface area contributed by atoms with Crippen molar-refractivity contribution >= 4 is 11.6 Å². The van der Waals surface area contributed by atoms with Crippen LogP contribution in [0, 0.1) is 5.92 Å². The Morgan fingerprint density at radius 1 is 1.09 bits per heavy atom. The summed E-state index contributed by atoms with van der Waals surface area (Å²) in [5.41, 5.74) is 1.90. The highest BCUT2D eigenvalue weighted by molar-refractivity contribution is 5.96. The van der Waals surface area contributed by atoms with E-state index in [1.54, 1.807) is 32.4 Å². The molecule has 0 spiro atoms. The van der Waals surface area contributed by atoms with Crippen LogP contribution in [0.25, 0.3) is 0 Å². The Hall–Kier alpha value is -2.49. The van der Waals surface area contributed by atoms with Crippen LogP contribution in [0.15, 0.2) is 48.5 Å². The zero-order valence-electron chi connectivity index (χ0n) is 12.7. The van der Waals surface area contributed by atoms with Crippen LogP contribution in [0.1, 0.15) is 17.9 Å². The van der Waals surface area contributed by atoms with Gasteiger partial charge < -0.3 is 14.8 Å². The van der Waals surface area contributed by atoms with Crippen molar-refractivity contribution in [1.29, 1.82) is 0 Å². The lowest BCUT2D eigenvalue weighted by Crippen LogP contribution is -2.15. The zero-order valence-corrected chi connectivity index (χ0v) is 12.7. The van der Waals surface area contributed by atoms with Gasteiger partial charge in [0.05, 0.1) is 19.9 Å². The van der Waals surface area contributed by atoms with Crippen molar-refractivity contribution in [3.63, 3.8) is 0 Å². The fraction of sp³-hybridized carbons (Fsp3) is 0.278. The molecule has 1 saturated carbocycles. The number of hydrogen-bond acceptors (Lipinski definition) is 3. The highest BCUT2D eigenvalue weighted by atomic mass is 16.5. The summed E-state index contributed by atoms with van der Waals surface area (Å²) in [4.78, 5) is 12.4. The fourth-order valence-electron chi connectivity index (χ4n) is 2.68. The normalized spacial score (nSPS) is 19.4. The van der Waals surface area contributed by atoms with Crippen LogP contribution in [-0.2, 0) is 4.79 Å². The van der Waals surface area contributed by atoms with E-state index in [2.05, 4.69) is 17.4 Å². The maximum Gasteiger partial charge on any atom is 0.228 e. The van der Waals surface area contributed by atoms with Crippen molar-refractivity contribution in [2.24, 2.45) is 5.92 Å². The molecular weight excluding hydrogens is 278 g/mol. The molecular formula is C18H19NO3. The summed E-state index contributed by atoms with van der Waals surface area (Å²) in [5.74, 6) is 1.70. The summed E-state index contributed by atoms with van der Waals surface area (Å²) >= 11 is 0. The Bertz CT molecular complexity index is 669. The van der Waals surface area contributed by atoms with E-state index in [-0.39, 0.29) is 11.8 Å². The second kappa shape index (κ2) is 6.10. The van der Waals surface area contributed by atoms with E-state index in [1.165, 1.54) is 5.56 Å². The number of amides is 1. The molecule has 0 aromatic heterocycles. The van der Waals surface area contributed by atoms with Crippen LogP contribution in [0.3, 0.4) is 0 Å². The molecule has 0 heterocycles. The van der Waals surface area contributed by atoms with Gasteiger partial charge in [-0.2, -0.15) is 0 Å². The second-order valence-electron chi connectivity index (χ2n) is 5.41. The molecule has 2 unspecified atom stereocenters. The maximum absolute atomic E-state index is 12.4. The number of carbonyl (C=O) groups excluding carboxylic acids is 1. The van der Waals surface area contributed by atoms with Crippen molar-refractivity contribution in [1.82, 2.24) is 0 Å². The predicted octanol–water partition coefficient (Wildman–Crippen LogP) is 3.45. The molecule has 1 amide bonds.